The van der Waals surface area contributed by atoms with Crippen LogP contribution in [0.1, 0.15) is 12.5 Å². The van der Waals surface area contributed by atoms with Gasteiger partial charge in [-0.1, -0.05) is 12.1 Å². The first-order valence-corrected chi connectivity index (χ1v) is 5.67. The summed E-state index contributed by atoms with van der Waals surface area (Å²) in [6, 6.07) is 4.25. The summed E-state index contributed by atoms with van der Waals surface area (Å²) >= 11 is 3.17. The Morgan fingerprint density at radius 3 is 2.82 bits per heavy atom. The average molecular weight is 302 g/mol. The van der Waals surface area contributed by atoms with Gasteiger partial charge >= 0.3 is 0 Å². The molecule has 1 unspecified atom stereocenters. The number of amides is 1. The van der Waals surface area contributed by atoms with Crippen molar-refractivity contribution in [2.45, 2.75) is 19.5 Å². The van der Waals surface area contributed by atoms with Gasteiger partial charge in [-0.2, -0.15) is 0 Å². The molecule has 1 rings (SSSR count). The van der Waals surface area contributed by atoms with Crippen LogP contribution in [0.4, 0.5) is 5.69 Å². The Balaban J connectivity index is 2.82. The molecule has 6 nitrogen and oxygen atoms in total. The zero-order chi connectivity index (χ0) is 13.0. The number of hydrogen-bond donors (Lipinski definition) is 2. The van der Waals surface area contributed by atoms with E-state index in [1.807, 2.05) is 0 Å². The van der Waals surface area contributed by atoms with Gasteiger partial charge in [-0.15, -0.1) is 0 Å². The first-order valence-electron chi connectivity index (χ1n) is 4.88. The Morgan fingerprint density at radius 2 is 2.29 bits per heavy atom. The smallest absolute Gasteiger partial charge is 0.283 e. The highest BCUT2D eigenvalue weighted by Crippen LogP contribution is 2.28. The van der Waals surface area contributed by atoms with Gasteiger partial charge in [-0.05, 0) is 28.4 Å². The highest BCUT2D eigenvalue weighted by Gasteiger charge is 2.15. The molecule has 0 spiro atoms. The van der Waals surface area contributed by atoms with Crippen LogP contribution in [-0.2, 0) is 11.3 Å². The number of nitrogens with zero attached hydrogens (tertiary/aromatic N) is 1. The van der Waals surface area contributed by atoms with E-state index < -0.39 is 16.9 Å². The van der Waals surface area contributed by atoms with Gasteiger partial charge in [0.2, 0.25) is 5.91 Å². The van der Waals surface area contributed by atoms with Crippen molar-refractivity contribution < 1.29 is 9.72 Å². The lowest BCUT2D eigenvalue weighted by Crippen LogP contribution is -2.38. The van der Waals surface area contributed by atoms with Crippen LogP contribution in [0.15, 0.2) is 22.7 Å². The molecule has 0 heterocycles. The Hall–Kier alpha value is -1.47. The topological polar surface area (TPSA) is 98.3 Å². The lowest BCUT2D eigenvalue weighted by Gasteiger charge is -2.11. The number of nitrogens with one attached hydrogen (secondary N) is 1. The minimum atomic E-state index is -0.485. The van der Waals surface area contributed by atoms with Crippen LogP contribution in [0.3, 0.4) is 0 Å². The molecular weight excluding hydrogens is 290 g/mol. The third-order valence-corrected chi connectivity index (χ3v) is 3.20. The second-order valence-corrected chi connectivity index (χ2v) is 4.31. The summed E-state index contributed by atoms with van der Waals surface area (Å²) in [6.07, 6.45) is 0. The fourth-order valence-corrected chi connectivity index (χ4v) is 1.76. The molecule has 0 saturated carbocycles. The van der Waals surface area contributed by atoms with E-state index in [4.69, 9.17) is 5.73 Å². The zero-order valence-electron chi connectivity index (χ0n) is 9.14. The zero-order valence-corrected chi connectivity index (χ0v) is 10.7. The number of nitro benzene ring substituents is 1. The number of benzene rings is 1. The Labute approximate surface area is 106 Å². The van der Waals surface area contributed by atoms with Gasteiger partial charge in [0.15, 0.2) is 0 Å². The number of primary amides is 1. The van der Waals surface area contributed by atoms with E-state index in [2.05, 4.69) is 21.2 Å². The Kier molecular flexibility index (Phi) is 4.59. The molecule has 0 fully saturated rings. The fraction of sp³-hybridized carbons (Fsp3) is 0.300. The summed E-state index contributed by atoms with van der Waals surface area (Å²) in [4.78, 5) is 21.1. The molecule has 0 aliphatic carbocycles. The van der Waals surface area contributed by atoms with Crippen molar-refractivity contribution in [1.29, 1.82) is 0 Å². The molecule has 0 saturated heterocycles. The minimum absolute atomic E-state index is 0.00368. The van der Waals surface area contributed by atoms with Crippen LogP contribution in [0.25, 0.3) is 0 Å². The van der Waals surface area contributed by atoms with Crippen molar-refractivity contribution in [3.63, 3.8) is 0 Å². The Morgan fingerprint density at radius 1 is 1.65 bits per heavy atom. The summed E-state index contributed by atoms with van der Waals surface area (Å²) in [5.41, 5.74) is 5.79. The minimum Gasteiger partial charge on any atom is -0.368 e. The molecule has 1 atom stereocenters. The normalized spacial score (nSPS) is 12.1. The second kappa shape index (κ2) is 5.74. The van der Waals surface area contributed by atoms with Gasteiger partial charge in [0.1, 0.15) is 0 Å². The van der Waals surface area contributed by atoms with Crippen LogP contribution in [0, 0.1) is 10.1 Å². The van der Waals surface area contributed by atoms with Crippen molar-refractivity contribution in [1.82, 2.24) is 5.32 Å². The molecule has 1 aromatic carbocycles. The van der Waals surface area contributed by atoms with E-state index in [1.165, 1.54) is 6.07 Å². The molecule has 1 amide bonds. The first kappa shape index (κ1) is 13.6. The van der Waals surface area contributed by atoms with Crippen LogP contribution in [0.5, 0.6) is 0 Å². The first-order chi connectivity index (χ1) is 7.93. The number of nitro groups is 1. The predicted molar refractivity (Wildman–Crippen MR) is 66.3 cm³/mol. The summed E-state index contributed by atoms with van der Waals surface area (Å²) in [6.45, 7) is 1.96. The van der Waals surface area contributed by atoms with Gasteiger partial charge in [-0.3, -0.25) is 14.9 Å². The van der Waals surface area contributed by atoms with E-state index in [9.17, 15) is 14.9 Å². The molecular formula is C10H12BrN3O3. The average Bonchev–Trinajstić information content (AvgIpc) is 2.26. The monoisotopic (exact) mass is 301 g/mol. The van der Waals surface area contributed by atoms with Crippen LogP contribution in [0.2, 0.25) is 0 Å². The molecule has 0 radical (unpaired) electrons. The van der Waals surface area contributed by atoms with Crippen molar-refractivity contribution >= 4 is 27.5 Å². The number of carbonyl (C=O) groups is 1. The molecule has 0 bridgehead atoms. The number of hydrogen-bond acceptors (Lipinski definition) is 4. The third-order valence-electron chi connectivity index (χ3n) is 2.28. The maximum Gasteiger partial charge on any atom is 0.283 e. The highest BCUT2D eigenvalue weighted by molar-refractivity contribution is 9.10. The SMILES string of the molecule is CC(NCc1cccc([N+](=O)[O-])c1Br)C(N)=O. The molecule has 0 aliphatic heterocycles. The van der Waals surface area contributed by atoms with Crippen LogP contribution in [-0.4, -0.2) is 16.9 Å². The van der Waals surface area contributed by atoms with Crippen molar-refractivity contribution in [2.75, 3.05) is 0 Å². The van der Waals surface area contributed by atoms with Crippen LogP contribution >= 0.6 is 15.9 Å². The fourth-order valence-electron chi connectivity index (χ4n) is 1.21. The highest BCUT2D eigenvalue weighted by atomic mass is 79.9. The molecule has 17 heavy (non-hydrogen) atoms. The number of nitrogens with two attached hydrogens (primary N) is 1. The van der Waals surface area contributed by atoms with Crippen molar-refractivity contribution in [3.8, 4) is 0 Å². The molecule has 92 valence electrons. The second-order valence-electron chi connectivity index (χ2n) is 3.51. The molecule has 1 aromatic rings. The third kappa shape index (κ3) is 3.50. The molecule has 0 aromatic heterocycles. The van der Waals surface area contributed by atoms with Crippen molar-refractivity contribution in [3.05, 3.63) is 38.3 Å². The lowest BCUT2D eigenvalue weighted by atomic mass is 10.2. The summed E-state index contributed by atoms with van der Waals surface area (Å²) < 4.78 is 0.411. The number of rotatable bonds is 5. The van der Waals surface area contributed by atoms with Gasteiger partial charge in [-0.25, -0.2) is 0 Å². The van der Waals surface area contributed by atoms with Gasteiger partial charge < -0.3 is 11.1 Å². The maximum absolute atomic E-state index is 10.8. The van der Waals surface area contributed by atoms with Crippen LogP contribution < -0.4 is 11.1 Å². The van der Waals surface area contributed by atoms with E-state index in [-0.39, 0.29) is 5.69 Å². The van der Waals surface area contributed by atoms with E-state index >= 15 is 0 Å². The van der Waals surface area contributed by atoms with Gasteiger partial charge in [0.25, 0.3) is 5.69 Å². The van der Waals surface area contributed by atoms with E-state index in [1.54, 1.807) is 19.1 Å². The van der Waals surface area contributed by atoms with E-state index in [0.29, 0.717) is 16.6 Å². The molecule has 3 N–H and O–H groups in total. The largest absolute Gasteiger partial charge is 0.368 e. The van der Waals surface area contributed by atoms with Crippen molar-refractivity contribution in [2.24, 2.45) is 5.73 Å². The summed E-state index contributed by atoms with van der Waals surface area (Å²) in [7, 11) is 0. The van der Waals surface area contributed by atoms with Gasteiger partial charge in [0.05, 0.1) is 15.4 Å². The lowest BCUT2D eigenvalue weighted by molar-refractivity contribution is -0.385. The van der Waals surface area contributed by atoms with Gasteiger partial charge in [0, 0.05) is 12.6 Å². The summed E-state index contributed by atoms with van der Waals surface area (Å²) in [5.74, 6) is -0.466. The number of halogens is 1. The molecule has 0 aliphatic rings. The molecule has 7 heteroatoms. The predicted octanol–water partition coefficient (Wildman–Crippen LogP) is 1.32. The maximum atomic E-state index is 10.8. The standard InChI is InChI=1S/C10H12BrN3O3/c1-6(10(12)15)13-5-7-3-2-4-8(9(7)11)14(16)17/h2-4,6,13H,5H2,1H3,(H2,12,15). The quantitative estimate of drug-likeness (QED) is 0.633. The summed E-state index contributed by atoms with van der Waals surface area (Å²) in [5, 5.41) is 13.6. The van der Waals surface area contributed by atoms with E-state index in [0.717, 1.165) is 0 Å². The Bertz CT molecular complexity index is 450. The number of carbonyl (C=O) groups excluding carboxylic acids is 1.